The predicted molar refractivity (Wildman–Crippen MR) is 76.2 cm³/mol. The zero-order valence-electron chi connectivity index (χ0n) is 11.7. The number of aromatic nitrogens is 2. The molecular formula is C11H21ClN4O2S. The van der Waals surface area contributed by atoms with Gasteiger partial charge in [-0.15, -0.1) is 12.4 Å². The molecule has 1 aromatic rings. The normalized spacial score (nSPS) is 21.2. The Balaban J connectivity index is 0.00000180. The lowest BCUT2D eigenvalue weighted by atomic mass is 10.3. The van der Waals surface area contributed by atoms with E-state index in [1.165, 1.54) is 0 Å². The van der Waals surface area contributed by atoms with E-state index in [1.807, 2.05) is 6.92 Å². The maximum atomic E-state index is 12.6. The summed E-state index contributed by atoms with van der Waals surface area (Å²) in [7, 11) is -1.66. The van der Waals surface area contributed by atoms with E-state index in [1.54, 1.807) is 29.9 Å². The lowest BCUT2D eigenvalue weighted by Gasteiger charge is -2.31. The zero-order valence-corrected chi connectivity index (χ0v) is 13.3. The van der Waals surface area contributed by atoms with Crippen LogP contribution < -0.4 is 5.32 Å². The third-order valence-corrected chi connectivity index (χ3v) is 5.49. The summed E-state index contributed by atoms with van der Waals surface area (Å²) < 4.78 is 28.4. The maximum Gasteiger partial charge on any atom is 0.246 e. The lowest BCUT2D eigenvalue weighted by molar-refractivity contribution is 0.310. The topological polar surface area (TPSA) is 67.2 Å². The van der Waals surface area contributed by atoms with E-state index in [0.29, 0.717) is 35.9 Å². The fraction of sp³-hybridized carbons (Fsp3) is 0.727. The highest BCUT2D eigenvalue weighted by Gasteiger charge is 2.32. The number of hydrogen-bond acceptors (Lipinski definition) is 4. The second-order valence-electron chi connectivity index (χ2n) is 4.84. The van der Waals surface area contributed by atoms with Crippen molar-refractivity contribution in [1.29, 1.82) is 0 Å². The minimum Gasteiger partial charge on any atom is -0.312 e. The Morgan fingerprint density at radius 1 is 1.37 bits per heavy atom. The van der Waals surface area contributed by atoms with Gasteiger partial charge in [0.15, 0.2) is 0 Å². The standard InChI is InChI=1S/C11H20N4O2S.ClH/c1-8-7-15(6-5-12-8)18(16,17)11-9(2)13-14(4)10(11)3;/h8,12H,5-7H2,1-4H3;1H. The van der Waals surface area contributed by atoms with Crippen LogP contribution in [0.3, 0.4) is 0 Å². The third kappa shape index (κ3) is 2.94. The average molecular weight is 309 g/mol. The second-order valence-corrected chi connectivity index (χ2v) is 6.72. The highest BCUT2D eigenvalue weighted by atomic mass is 35.5. The summed E-state index contributed by atoms with van der Waals surface area (Å²) in [6.45, 7) is 7.24. The van der Waals surface area contributed by atoms with Gasteiger partial charge < -0.3 is 5.32 Å². The molecule has 0 amide bonds. The van der Waals surface area contributed by atoms with E-state index in [4.69, 9.17) is 0 Å². The molecule has 0 spiro atoms. The van der Waals surface area contributed by atoms with E-state index in [-0.39, 0.29) is 18.4 Å². The molecule has 1 unspecified atom stereocenters. The minimum atomic E-state index is -3.43. The third-order valence-electron chi connectivity index (χ3n) is 3.37. The van der Waals surface area contributed by atoms with Crippen LogP contribution in [0.2, 0.25) is 0 Å². The van der Waals surface area contributed by atoms with Gasteiger partial charge in [0.2, 0.25) is 10.0 Å². The summed E-state index contributed by atoms with van der Waals surface area (Å²) in [4.78, 5) is 0.360. The van der Waals surface area contributed by atoms with Crippen LogP contribution >= 0.6 is 12.4 Å². The molecule has 0 bridgehead atoms. The summed E-state index contributed by atoms with van der Waals surface area (Å²) >= 11 is 0. The van der Waals surface area contributed by atoms with Crippen LogP contribution in [0, 0.1) is 13.8 Å². The molecule has 8 heteroatoms. The van der Waals surface area contributed by atoms with Gasteiger partial charge in [0.25, 0.3) is 0 Å². The van der Waals surface area contributed by atoms with E-state index >= 15 is 0 Å². The number of piperazine rings is 1. The number of sulfonamides is 1. The van der Waals surface area contributed by atoms with E-state index in [2.05, 4.69) is 10.4 Å². The van der Waals surface area contributed by atoms with Crippen molar-refractivity contribution in [3.63, 3.8) is 0 Å². The van der Waals surface area contributed by atoms with Crippen molar-refractivity contribution in [1.82, 2.24) is 19.4 Å². The van der Waals surface area contributed by atoms with Gasteiger partial charge >= 0.3 is 0 Å². The molecule has 1 saturated heterocycles. The Morgan fingerprint density at radius 2 is 2.00 bits per heavy atom. The first-order valence-electron chi connectivity index (χ1n) is 6.07. The first-order valence-corrected chi connectivity index (χ1v) is 7.51. The molecule has 110 valence electrons. The maximum absolute atomic E-state index is 12.6. The molecule has 6 nitrogen and oxygen atoms in total. The smallest absolute Gasteiger partial charge is 0.246 e. The Labute approximate surface area is 120 Å². The highest BCUT2D eigenvalue weighted by Crippen LogP contribution is 2.23. The summed E-state index contributed by atoms with van der Waals surface area (Å²) in [6, 6.07) is 0.186. The van der Waals surface area contributed by atoms with Gasteiger partial charge in [-0.1, -0.05) is 0 Å². The summed E-state index contributed by atoms with van der Waals surface area (Å²) in [5, 5.41) is 7.43. The molecule has 2 heterocycles. The monoisotopic (exact) mass is 308 g/mol. The van der Waals surface area contributed by atoms with E-state index in [9.17, 15) is 8.42 Å². The van der Waals surface area contributed by atoms with Gasteiger partial charge in [0.05, 0.1) is 11.4 Å². The van der Waals surface area contributed by atoms with E-state index in [0.717, 1.165) is 0 Å². The minimum absolute atomic E-state index is 0. The molecule has 1 atom stereocenters. The van der Waals surface area contributed by atoms with Crippen LogP contribution in [0.4, 0.5) is 0 Å². The number of nitrogens with zero attached hydrogens (tertiary/aromatic N) is 3. The van der Waals surface area contributed by atoms with Crippen LogP contribution in [-0.4, -0.2) is 48.2 Å². The van der Waals surface area contributed by atoms with Gasteiger partial charge in [-0.25, -0.2) is 8.42 Å². The molecule has 0 aliphatic carbocycles. The van der Waals surface area contributed by atoms with Crippen LogP contribution in [0.25, 0.3) is 0 Å². The van der Waals surface area contributed by atoms with Gasteiger partial charge in [-0.05, 0) is 20.8 Å². The van der Waals surface area contributed by atoms with Crippen LogP contribution in [0.15, 0.2) is 4.90 Å². The molecule has 0 radical (unpaired) electrons. The number of hydrogen-bond donors (Lipinski definition) is 1. The predicted octanol–water partition coefficient (Wildman–Crippen LogP) is 0.441. The quantitative estimate of drug-likeness (QED) is 0.861. The van der Waals surface area contributed by atoms with Gasteiger partial charge in [-0.2, -0.15) is 9.40 Å². The summed E-state index contributed by atoms with van der Waals surface area (Å²) in [5.41, 5.74) is 1.26. The number of aryl methyl sites for hydroxylation is 2. The zero-order chi connectivity index (χ0) is 13.5. The highest BCUT2D eigenvalue weighted by molar-refractivity contribution is 7.89. The molecule has 1 fully saturated rings. The van der Waals surface area contributed by atoms with Crippen molar-refractivity contribution in [3.05, 3.63) is 11.4 Å². The molecule has 1 aliphatic heterocycles. The Morgan fingerprint density at radius 3 is 2.47 bits per heavy atom. The molecule has 1 N–H and O–H groups in total. The number of rotatable bonds is 2. The molecule has 19 heavy (non-hydrogen) atoms. The van der Waals surface area contributed by atoms with Crippen molar-refractivity contribution in [3.8, 4) is 0 Å². The van der Waals surface area contributed by atoms with Crippen molar-refractivity contribution < 1.29 is 8.42 Å². The second kappa shape index (κ2) is 5.78. The Bertz CT molecular complexity index is 555. The van der Waals surface area contributed by atoms with Crippen molar-refractivity contribution in [2.45, 2.75) is 31.7 Å². The van der Waals surface area contributed by atoms with Crippen molar-refractivity contribution in [2.24, 2.45) is 7.05 Å². The average Bonchev–Trinajstić information content (AvgIpc) is 2.53. The molecule has 0 aromatic carbocycles. The fourth-order valence-electron chi connectivity index (χ4n) is 2.37. The molecule has 1 aliphatic rings. The molecule has 0 saturated carbocycles. The van der Waals surface area contributed by atoms with Gasteiger partial charge in [0, 0.05) is 32.7 Å². The van der Waals surface area contributed by atoms with Crippen molar-refractivity contribution in [2.75, 3.05) is 19.6 Å². The summed E-state index contributed by atoms with van der Waals surface area (Å²) in [5.74, 6) is 0. The first kappa shape index (κ1) is 16.4. The molecule has 1 aromatic heterocycles. The van der Waals surface area contributed by atoms with Crippen LogP contribution in [0.5, 0.6) is 0 Å². The first-order chi connectivity index (χ1) is 8.34. The summed E-state index contributed by atoms with van der Waals surface area (Å²) in [6.07, 6.45) is 0. The Hall–Kier alpha value is -0.630. The largest absolute Gasteiger partial charge is 0.312 e. The number of halogens is 1. The number of nitrogens with one attached hydrogen (secondary N) is 1. The van der Waals surface area contributed by atoms with Crippen LogP contribution in [0.1, 0.15) is 18.3 Å². The van der Waals surface area contributed by atoms with Gasteiger partial charge in [0.1, 0.15) is 4.90 Å². The SMILES string of the molecule is Cc1nn(C)c(C)c1S(=O)(=O)N1CCNC(C)C1.Cl. The Kier molecular flexibility index (Phi) is 5.00. The van der Waals surface area contributed by atoms with Crippen molar-refractivity contribution >= 4 is 22.4 Å². The fourth-order valence-corrected chi connectivity index (χ4v) is 4.30. The molecule has 2 rings (SSSR count). The van der Waals surface area contributed by atoms with E-state index < -0.39 is 10.0 Å². The lowest BCUT2D eigenvalue weighted by Crippen LogP contribution is -2.51. The van der Waals surface area contributed by atoms with Crippen LogP contribution in [-0.2, 0) is 17.1 Å². The molecular weight excluding hydrogens is 288 g/mol. The van der Waals surface area contributed by atoms with Gasteiger partial charge in [-0.3, -0.25) is 4.68 Å².